The Morgan fingerprint density at radius 2 is 1.12 bits per heavy atom. The van der Waals surface area contributed by atoms with Crippen molar-refractivity contribution in [2.45, 2.75) is 113 Å². The van der Waals surface area contributed by atoms with E-state index in [1.54, 1.807) is 0 Å². The molecule has 0 bridgehead atoms. The van der Waals surface area contributed by atoms with Crippen LogP contribution in [0.15, 0.2) is 24.3 Å². The summed E-state index contributed by atoms with van der Waals surface area (Å²) >= 11 is 4.95. The maximum Gasteiger partial charge on any atom is 0.334 e. The molecule has 0 radical (unpaired) electrons. The Balaban J connectivity index is 1.35. The average Bonchev–Trinajstić information content (AvgIpc) is 1.62. The number of carboxylic acid groups (broad SMARTS) is 1. The van der Waals surface area contributed by atoms with Gasteiger partial charge in [-0.2, -0.15) is 16.2 Å². The molecule has 18 amide bonds. The molecule has 1 unspecified atom stereocenters. The Bertz CT molecular complexity index is 3320. The SMILES string of the molecule is CC(=O)NCSC[C@H](NC(=O)CNC(=O)CNC(=O)[C@H]1CSCC(=O)N[C@@H](Cc2ccc(O)cc2)C(=O)N[C@H](CSCCCN)C(=O)NCC(=O)N[C@H](CC(=O)O)C(=O)N1)C(=O)NCC(=O)N[C@@H](CSCNC(C)=O)C(=O)NCC(=O)NCC(=O)N[C@@H](CSC1CC(=O)[N+]2(CCCCCC2)C1=O)C(N)=O. The van der Waals surface area contributed by atoms with Crippen molar-refractivity contribution in [3.8, 4) is 5.75 Å². The van der Waals surface area contributed by atoms with Crippen LogP contribution in [-0.2, 0) is 97.5 Å². The van der Waals surface area contributed by atoms with Crippen molar-refractivity contribution >= 4 is 171 Å². The second kappa shape index (κ2) is 46.8. The Kier molecular flexibility index (Phi) is 39.4. The number of nitrogens with zero attached hydrogens (tertiary/aromatic N) is 1. The number of hydrogen-bond donors (Lipinski definition) is 19. The number of phenols is 1. The van der Waals surface area contributed by atoms with Crippen molar-refractivity contribution in [2.24, 2.45) is 11.5 Å². The predicted molar refractivity (Wildman–Crippen MR) is 385 cm³/mol. The van der Waals surface area contributed by atoms with Gasteiger partial charge in [-0.25, -0.2) is 9.59 Å². The first-order chi connectivity index (χ1) is 49.9. The quantitative estimate of drug-likeness (QED) is 0.0127. The lowest BCUT2D eigenvalue weighted by atomic mass is 10.0. The molecule has 580 valence electrons. The molecule has 8 atom stereocenters. The van der Waals surface area contributed by atoms with Crippen LogP contribution in [0.25, 0.3) is 0 Å². The third kappa shape index (κ3) is 33.3. The zero-order valence-corrected chi connectivity index (χ0v) is 61.7. The molecule has 3 heterocycles. The number of thioether (sulfide) groups is 5. The lowest BCUT2D eigenvalue weighted by Gasteiger charge is -2.27. The van der Waals surface area contributed by atoms with Gasteiger partial charge >= 0.3 is 17.8 Å². The highest BCUT2D eigenvalue weighted by atomic mass is 32.2. The van der Waals surface area contributed by atoms with Crippen LogP contribution in [0.3, 0.4) is 0 Å². The fourth-order valence-electron chi connectivity index (χ4n) is 9.97. The van der Waals surface area contributed by atoms with E-state index in [2.05, 4.69) is 79.8 Å². The van der Waals surface area contributed by atoms with Crippen LogP contribution < -0.4 is 91.2 Å². The molecule has 39 nitrogen and oxygen atoms in total. The van der Waals surface area contributed by atoms with E-state index in [0.717, 1.165) is 72.7 Å². The van der Waals surface area contributed by atoms with Gasteiger partial charge in [-0.1, -0.05) is 12.1 Å². The molecule has 3 fully saturated rings. The number of aromatic hydroxyl groups is 1. The summed E-state index contributed by atoms with van der Waals surface area (Å²) in [6.45, 7) is -1.22. The molecular formula is C61H91N18O21S5+. The number of aliphatic carboxylic acids is 1. The van der Waals surface area contributed by atoms with E-state index >= 15 is 0 Å². The largest absolute Gasteiger partial charge is 0.508 e. The van der Waals surface area contributed by atoms with Crippen molar-refractivity contribution < 1.29 is 106 Å². The number of primary amides is 1. The summed E-state index contributed by atoms with van der Waals surface area (Å²) in [6.07, 6.45) is 2.62. The van der Waals surface area contributed by atoms with E-state index in [1.807, 2.05) is 0 Å². The van der Waals surface area contributed by atoms with Gasteiger partial charge in [0.1, 0.15) is 53.3 Å². The van der Waals surface area contributed by atoms with Crippen LogP contribution >= 0.6 is 58.8 Å². The first kappa shape index (κ1) is 88.4. The first-order valence-corrected chi connectivity index (χ1v) is 38.6. The number of rotatable bonds is 37. The van der Waals surface area contributed by atoms with Crippen LogP contribution in [0.4, 0.5) is 0 Å². The highest BCUT2D eigenvalue weighted by Crippen LogP contribution is 2.34. The van der Waals surface area contributed by atoms with E-state index in [4.69, 9.17) is 11.5 Å². The first-order valence-electron chi connectivity index (χ1n) is 33.0. The Morgan fingerprint density at radius 1 is 0.600 bits per heavy atom. The lowest BCUT2D eigenvalue weighted by Crippen LogP contribution is -2.58. The van der Waals surface area contributed by atoms with Gasteiger partial charge in [0.15, 0.2) is 0 Å². The molecule has 1 aromatic rings. The number of imide groups is 1. The molecule has 3 saturated heterocycles. The third-order valence-electron chi connectivity index (χ3n) is 15.4. The summed E-state index contributed by atoms with van der Waals surface area (Å²) in [7, 11) is 0. The zero-order valence-electron chi connectivity index (χ0n) is 57.6. The average molecular weight is 1570 g/mol. The molecule has 105 heavy (non-hydrogen) atoms. The minimum absolute atomic E-state index is 0.00824. The number of phenolic OH excluding ortho intramolecular Hbond substituents is 1. The molecule has 0 aliphatic carbocycles. The Labute approximate surface area is 624 Å². The molecular weight excluding hydrogens is 1480 g/mol. The number of quaternary nitrogens is 1. The predicted octanol–water partition coefficient (Wildman–Crippen LogP) is -8.58. The van der Waals surface area contributed by atoms with E-state index in [1.165, 1.54) is 49.9 Å². The van der Waals surface area contributed by atoms with E-state index < -0.39 is 205 Å². The molecule has 21 N–H and O–H groups in total. The fourth-order valence-corrected chi connectivity index (χ4v) is 14.9. The van der Waals surface area contributed by atoms with Gasteiger partial charge in [-0.05, 0) is 62.1 Å². The number of carbonyl (C=O) groups is 19. The highest BCUT2D eigenvalue weighted by Gasteiger charge is 2.55. The van der Waals surface area contributed by atoms with Crippen molar-refractivity contribution in [1.82, 2.24) is 79.8 Å². The molecule has 4 rings (SSSR count). The normalized spacial score (nSPS) is 19.5. The number of hydrogen-bond acceptors (Lipinski definition) is 26. The maximum absolute atomic E-state index is 13.9. The van der Waals surface area contributed by atoms with Gasteiger partial charge in [0, 0.05) is 49.0 Å². The smallest absolute Gasteiger partial charge is 0.334 e. The van der Waals surface area contributed by atoms with Crippen LogP contribution in [0.1, 0.15) is 64.4 Å². The summed E-state index contributed by atoms with van der Waals surface area (Å²) in [4.78, 5) is 248. The number of carboxylic acids is 1. The summed E-state index contributed by atoms with van der Waals surface area (Å²) in [6, 6.07) is -4.66. The summed E-state index contributed by atoms with van der Waals surface area (Å²) < 4.78 is -0.236. The lowest BCUT2D eigenvalue weighted by molar-refractivity contribution is -0.772. The minimum atomic E-state index is -1.86. The molecule has 0 aromatic heterocycles. The molecule has 3 aliphatic rings. The number of nitrogens with one attached hydrogen (secondary N) is 15. The Morgan fingerprint density at radius 3 is 1.67 bits per heavy atom. The monoisotopic (exact) mass is 1570 g/mol. The van der Waals surface area contributed by atoms with Gasteiger partial charge < -0.3 is 101 Å². The standard InChI is InChI=1S/C61H90N18O21S5/c1-33(80)70-31-103-27-40(55(94)66-19-45(83)64-21-47(85)74-39(54(63)93)29-105-44-18-52(90)79(61(44)100)13-5-3-4-6-14-79)76-50(88)24-68-56(95)41(28-104-32-71-34(2)81)75-48(86)22-65-46(84)20-67-58(97)43-26-102-30-51(89)73-37(16-35-8-10-36(82)11-9-35)59(98)77-42(25-101-15-7-12-62)57(96)69-23-49(87)72-38(17-53(91)92)60(99)78-43/h8-11,37-44H,3-7,12-32,62H2,1-2H3,(H18-,63,64,65,66,67,68,69,70,71,72,73,74,75,76,77,78,80,81,82,83,84,85,86,87,88,89,91,92,93,94,95,96,97,98,99)/p+1/t37-,38+,39-,40-,41-,42+,43+,44?/m0/s1. The van der Waals surface area contributed by atoms with Crippen LogP contribution in [-0.4, -0.2) is 285 Å². The minimum Gasteiger partial charge on any atom is -0.508 e. The fraction of sp³-hybridized carbons (Fsp3) is 0.590. The van der Waals surface area contributed by atoms with E-state index in [9.17, 15) is 101 Å². The van der Waals surface area contributed by atoms with Crippen LogP contribution in [0.5, 0.6) is 5.75 Å². The second-order valence-electron chi connectivity index (χ2n) is 23.8. The molecule has 3 aliphatic heterocycles. The number of nitrogens with two attached hydrogens (primary N) is 2. The maximum atomic E-state index is 13.9. The summed E-state index contributed by atoms with van der Waals surface area (Å²) in [5, 5.41) is 54.3. The van der Waals surface area contributed by atoms with Gasteiger partial charge in [-0.15, -0.1) is 47.0 Å². The van der Waals surface area contributed by atoms with Crippen molar-refractivity contribution in [3.05, 3.63) is 29.8 Å². The molecule has 0 saturated carbocycles. The molecule has 44 heteroatoms. The summed E-state index contributed by atoms with van der Waals surface area (Å²) in [5.74, 6) is -17.5. The van der Waals surface area contributed by atoms with Crippen LogP contribution in [0, 0.1) is 0 Å². The third-order valence-corrected chi connectivity index (χ3v) is 20.7. The molecule has 1 spiro atoms. The van der Waals surface area contributed by atoms with Crippen molar-refractivity contribution in [3.63, 3.8) is 0 Å². The van der Waals surface area contributed by atoms with Gasteiger partial charge in [0.2, 0.25) is 94.5 Å². The zero-order chi connectivity index (χ0) is 77.6. The van der Waals surface area contributed by atoms with Crippen molar-refractivity contribution in [2.75, 3.05) is 111 Å². The van der Waals surface area contributed by atoms with Gasteiger partial charge in [0.25, 0.3) is 0 Å². The highest BCUT2D eigenvalue weighted by molar-refractivity contribution is 8.01. The van der Waals surface area contributed by atoms with E-state index in [-0.39, 0.29) is 69.7 Å². The van der Waals surface area contributed by atoms with Crippen molar-refractivity contribution in [1.29, 1.82) is 0 Å². The topological polar surface area (TPSA) is 597 Å². The number of benzene rings is 1. The number of carbonyl (C=O) groups excluding carboxylic acids is 18. The number of amides is 18. The van der Waals surface area contributed by atoms with Gasteiger partial charge in [-0.3, -0.25) is 81.5 Å². The Hall–Kier alpha value is -8.98. The van der Waals surface area contributed by atoms with Crippen LogP contribution in [0.2, 0.25) is 0 Å². The van der Waals surface area contributed by atoms with E-state index in [0.29, 0.717) is 37.4 Å². The summed E-state index contributed by atoms with van der Waals surface area (Å²) in [5.41, 5.74) is 11.6. The molecule has 1 aromatic carbocycles. The van der Waals surface area contributed by atoms with Gasteiger partial charge in [0.05, 0.1) is 82.7 Å². The second-order valence-corrected chi connectivity index (χ2v) is 29.3.